The van der Waals surface area contributed by atoms with E-state index in [0.29, 0.717) is 31.3 Å². The fourth-order valence-electron chi connectivity index (χ4n) is 6.13. The van der Waals surface area contributed by atoms with E-state index in [9.17, 15) is 23.5 Å². The number of likely N-dealkylation sites (tertiary alicyclic amines) is 1. The number of carbonyl (C=O) groups excluding carboxylic acids is 1. The largest absolute Gasteiger partial charge is 0.491 e. The molecule has 2 atom stereocenters. The Bertz CT molecular complexity index is 1480. The number of H-pyrrole nitrogens is 1. The van der Waals surface area contributed by atoms with Gasteiger partial charge in [-0.25, -0.2) is 13.6 Å². The van der Waals surface area contributed by atoms with Gasteiger partial charge in [0.2, 0.25) is 5.91 Å². The highest BCUT2D eigenvalue weighted by atomic mass is 19.2. The monoisotopic (exact) mass is 657 g/mol. The number of ether oxygens (including phenoxy) is 4. The fourth-order valence-corrected chi connectivity index (χ4v) is 6.13. The highest BCUT2D eigenvalue weighted by Gasteiger charge is 2.53. The van der Waals surface area contributed by atoms with Crippen molar-refractivity contribution in [2.24, 2.45) is 5.92 Å². The maximum atomic E-state index is 14.8. The van der Waals surface area contributed by atoms with Crippen LogP contribution in [0, 0.1) is 17.6 Å². The number of nitrogens with one attached hydrogen (secondary N) is 1. The molecule has 2 heterocycles. The van der Waals surface area contributed by atoms with Crippen LogP contribution in [0.15, 0.2) is 42.6 Å². The smallest absolute Gasteiger partial charge is 0.407 e. The van der Waals surface area contributed by atoms with Gasteiger partial charge < -0.3 is 33.9 Å². The molecule has 2 aliphatic rings. The molecule has 12 nitrogen and oxygen atoms in total. The molecule has 1 aliphatic carbocycles. The summed E-state index contributed by atoms with van der Waals surface area (Å²) in [5, 5.41) is 20.3. The van der Waals surface area contributed by atoms with Crippen molar-refractivity contribution >= 4 is 12.0 Å². The molecule has 1 saturated heterocycles. The summed E-state index contributed by atoms with van der Waals surface area (Å²) in [5.74, 6) is -2.90. The molecular weight excluding hydrogens is 616 g/mol. The van der Waals surface area contributed by atoms with Crippen molar-refractivity contribution in [2.75, 3.05) is 47.1 Å². The van der Waals surface area contributed by atoms with E-state index >= 15 is 0 Å². The quantitative estimate of drug-likeness (QED) is 0.216. The molecule has 3 aromatic rings. The van der Waals surface area contributed by atoms with Gasteiger partial charge in [-0.15, -0.1) is 5.10 Å². The van der Waals surface area contributed by atoms with Crippen LogP contribution in [0.3, 0.4) is 0 Å². The van der Waals surface area contributed by atoms with E-state index in [1.807, 2.05) is 18.2 Å². The van der Waals surface area contributed by atoms with Crippen LogP contribution in [0.25, 0.3) is 0 Å². The number of benzene rings is 2. The molecule has 1 aliphatic heterocycles. The van der Waals surface area contributed by atoms with Crippen molar-refractivity contribution in [3.8, 4) is 5.75 Å². The van der Waals surface area contributed by atoms with E-state index in [2.05, 4.69) is 15.4 Å². The number of carboxylic acid groups (broad SMARTS) is 1. The molecule has 47 heavy (non-hydrogen) atoms. The molecule has 2 N–H and O–H groups in total. The summed E-state index contributed by atoms with van der Waals surface area (Å²) in [4.78, 5) is 29.9. The molecule has 2 aromatic carbocycles. The zero-order valence-corrected chi connectivity index (χ0v) is 26.6. The molecule has 14 heteroatoms. The highest BCUT2D eigenvalue weighted by Crippen LogP contribution is 2.45. The molecule has 1 aromatic heterocycles. The fraction of sp³-hybridized carbons (Fsp3) is 0.515. The number of amides is 2. The van der Waals surface area contributed by atoms with E-state index in [4.69, 9.17) is 18.9 Å². The van der Waals surface area contributed by atoms with Gasteiger partial charge in [0.15, 0.2) is 11.6 Å². The van der Waals surface area contributed by atoms with Gasteiger partial charge in [-0.05, 0) is 73.1 Å². The summed E-state index contributed by atoms with van der Waals surface area (Å²) in [6.07, 6.45) is 3.49. The average molecular weight is 658 g/mol. The van der Waals surface area contributed by atoms with Crippen LogP contribution in [-0.4, -0.2) is 95.5 Å². The van der Waals surface area contributed by atoms with E-state index in [0.717, 1.165) is 48.9 Å². The third kappa shape index (κ3) is 8.42. The van der Waals surface area contributed by atoms with Crippen LogP contribution < -0.4 is 4.74 Å². The number of halogens is 2. The maximum absolute atomic E-state index is 14.8. The Hall–Kier alpha value is -4.14. The zero-order chi connectivity index (χ0) is 33.4. The number of aromatic amines is 1. The predicted molar refractivity (Wildman–Crippen MR) is 164 cm³/mol. The van der Waals surface area contributed by atoms with Gasteiger partial charge in [0.25, 0.3) is 0 Å². The lowest BCUT2D eigenvalue weighted by Gasteiger charge is -2.47. The van der Waals surface area contributed by atoms with E-state index < -0.39 is 29.2 Å². The first-order valence-electron chi connectivity index (χ1n) is 15.7. The van der Waals surface area contributed by atoms with Crippen molar-refractivity contribution in [3.63, 3.8) is 0 Å². The third-order valence-electron chi connectivity index (χ3n) is 8.66. The predicted octanol–water partition coefficient (Wildman–Crippen LogP) is 4.29. The summed E-state index contributed by atoms with van der Waals surface area (Å²) < 4.78 is 51.7. The molecule has 1 saturated carbocycles. The normalized spacial score (nSPS) is 19.5. The Labute approximate surface area is 271 Å². The maximum Gasteiger partial charge on any atom is 0.407 e. The van der Waals surface area contributed by atoms with Gasteiger partial charge in [-0.2, -0.15) is 0 Å². The molecule has 2 fully saturated rings. The van der Waals surface area contributed by atoms with Gasteiger partial charge in [0.1, 0.15) is 23.7 Å². The summed E-state index contributed by atoms with van der Waals surface area (Å²) in [7, 11) is 3.25. The Kier molecular flexibility index (Phi) is 11.4. The molecule has 0 spiro atoms. The molecule has 254 valence electrons. The van der Waals surface area contributed by atoms with Crippen molar-refractivity contribution in [1.82, 2.24) is 25.2 Å². The number of nitrogens with zero attached hydrogens (tertiary/aromatic N) is 4. The molecule has 2 amide bonds. The molecule has 0 bridgehead atoms. The Morgan fingerprint density at radius 2 is 1.85 bits per heavy atom. The van der Waals surface area contributed by atoms with Crippen molar-refractivity contribution in [3.05, 3.63) is 76.6 Å². The van der Waals surface area contributed by atoms with Crippen molar-refractivity contribution in [2.45, 2.75) is 56.9 Å². The Balaban J connectivity index is 1.51. The van der Waals surface area contributed by atoms with Gasteiger partial charge in [-0.3, -0.25) is 9.89 Å². The van der Waals surface area contributed by atoms with Gasteiger partial charge in [0, 0.05) is 52.7 Å². The van der Waals surface area contributed by atoms with Crippen molar-refractivity contribution < 1.29 is 42.4 Å². The van der Waals surface area contributed by atoms with Gasteiger partial charge in [-0.1, -0.05) is 17.3 Å². The van der Waals surface area contributed by atoms with Crippen LogP contribution in [0.1, 0.15) is 48.1 Å². The summed E-state index contributed by atoms with van der Waals surface area (Å²) >= 11 is 0. The number of aryl methyl sites for hydroxylation is 1. The summed E-state index contributed by atoms with van der Waals surface area (Å²) in [6.45, 7) is 1.33. The van der Waals surface area contributed by atoms with Crippen molar-refractivity contribution in [1.29, 1.82) is 0 Å². The Morgan fingerprint density at radius 3 is 2.53 bits per heavy atom. The lowest BCUT2D eigenvalue weighted by molar-refractivity contribution is -0.169. The highest BCUT2D eigenvalue weighted by molar-refractivity contribution is 5.82. The number of hydrogen-bond acceptors (Lipinski definition) is 8. The third-order valence-corrected chi connectivity index (χ3v) is 8.66. The molecular formula is C33H41F2N5O7. The first-order valence-corrected chi connectivity index (χ1v) is 15.7. The van der Waals surface area contributed by atoms with Crippen LogP contribution in [0.5, 0.6) is 5.75 Å². The Morgan fingerprint density at radius 1 is 1.06 bits per heavy atom. The van der Waals surface area contributed by atoms with E-state index in [1.54, 1.807) is 19.1 Å². The number of methoxy groups -OCH3 is 2. The minimum absolute atomic E-state index is 0.0199. The van der Waals surface area contributed by atoms with Crippen LogP contribution in [0.2, 0.25) is 0 Å². The van der Waals surface area contributed by atoms with E-state index in [1.165, 1.54) is 17.2 Å². The average Bonchev–Trinajstić information content (AvgIpc) is 3.77. The molecule has 5 rings (SSSR count). The summed E-state index contributed by atoms with van der Waals surface area (Å²) in [5.41, 5.74) is 1.06. The second-order valence-corrected chi connectivity index (χ2v) is 11.9. The van der Waals surface area contributed by atoms with Crippen LogP contribution in [-0.2, 0) is 44.2 Å². The molecule has 0 unspecified atom stereocenters. The first-order chi connectivity index (χ1) is 22.7. The van der Waals surface area contributed by atoms with E-state index in [-0.39, 0.29) is 50.2 Å². The SMILES string of the molecule is COCCCc1cc(CN(C(=O)[C@H]2CN(C(=O)O)CC[C@]2(OCc2c[nH]nn2)c2ccc(F)c(F)c2)C2CC2)cc(OCCOC)c1. The first kappa shape index (κ1) is 34.2. The minimum atomic E-state index is -1.49. The number of hydrogen-bond donors (Lipinski definition) is 2. The number of rotatable bonds is 16. The number of aromatic nitrogens is 3. The van der Waals surface area contributed by atoms with Crippen LogP contribution in [0.4, 0.5) is 13.6 Å². The summed E-state index contributed by atoms with van der Waals surface area (Å²) in [6, 6.07) is 9.25. The lowest BCUT2D eigenvalue weighted by Crippen LogP contribution is -2.58. The topological polar surface area (TPSA) is 139 Å². The number of carbonyl (C=O) groups is 2. The second kappa shape index (κ2) is 15.6. The minimum Gasteiger partial charge on any atom is -0.491 e. The second-order valence-electron chi connectivity index (χ2n) is 11.9. The lowest BCUT2D eigenvalue weighted by atomic mass is 9.74. The van der Waals surface area contributed by atoms with Crippen LogP contribution >= 0.6 is 0 Å². The standard InChI is InChI=1S/C33H41F2N5O7/c1-44-11-3-4-22-14-23(16-27(15-22)46-13-12-45-2)19-40(26-6-7-26)31(41)28-20-39(32(42)43)10-9-33(28,47-21-25-18-36-38-37-25)24-5-8-29(34)30(35)17-24/h5,8,14-18,26,28H,3-4,6-7,9-13,19-21H2,1-2H3,(H,42,43)(H,36,37,38)/t28-,33+/m1/s1. The zero-order valence-electron chi connectivity index (χ0n) is 26.6. The van der Waals surface area contributed by atoms with Gasteiger partial charge in [0.05, 0.1) is 19.1 Å². The molecule has 0 radical (unpaired) electrons. The van der Waals surface area contributed by atoms with Gasteiger partial charge >= 0.3 is 6.09 Å². The number of piperidine rings is 1.